The molecule has 0 saturated carbocycles. The van der Waals surface area contributed by atoms with Gasteiger partial charge in [-0.3, -0.25) is 0 Å². The van der Waals surface area contributed by atoms with Gasteiger partial charge in [-0.15, -0.1) is 0 Å². The molecule has 0 unspecified atom stereocenters. The van der Waals surface area contributed by atoms with Gasteiger partial charge in [-0.05, 0) is 65.7 Å². The number of ether oxygens (including phenoxy) is 3. The van der Waals surface area contributed by atoms with Gasteiger partial charge in [0.15, 0.2) is 5.82 Å². The van der Waals surface area contributed by atoms with E-state index < -0.39 is 0 Å². The maximum Gasteiger partial charge on any atom is 0.160 e. The minimum atomic E-state index is 0.622. The standard InChI is InChI=1S/C29H26N2O3/c1-32-26-10-4-7-21(17-26)13-15-24-20-25(16-14-22-8-5-11-27(18-22)33-2)31-29(30-24)23-9-6-12-28(19-23)34-3/h4-20H,1-3H3/b15-13+,16-14+. The van der Waals surface area contributed by atoms with Crippen LogP contribution in [-0.4, -0.2) is 31.3 Å². The van der Waals surface area contributed by atoms with Crippen molar-refractivity contribution in [3.63, 3.8) is 0 Å². The van der Waals surface area contributed by atoms with Gasteiger partial charge in [0.1, 0.15) is 17.2 Å². The van der Waals surface area contributed by atoms with Crippen molar-refractivity contribution < 1.29 is 14.2 Å². The van der Waals surface area contributed by atoms with Crippen LogP contribution in [0.3, 0.4) is 0 Å². The third-order valence-corrected chi connectivity index (χ3v) is 5.17. The summed E-state index contributed by atoms with van der Waals surface area (Å²) in [5.41, 5.74) is 4.51. The highest BCUT2D eigenvalue weighted by molar-refractivity contribution is 5.74. The Kier molecular flexibility index (Phi) is 7.35. The van der Waals surface area contributed by atoms with E-state index in [-0.39, 0.29) is 0 Å². The Balaban J connectivity index is 1.72. The van der Waals surface area contributed by atoms with Crippen LogP contribution in [0.4, 0.5) is 0 Å². The number of methoxy groups -OCH3 is 3. The smallest absolute Gasteiger partial charge is 0.160 e. The summed E-state index contributed by atoms with van der Waals surface area (Å²) >= 11 is 0. The fourth-order valence-corrected chi connectivity index (χ4v) is 3.40. The Morgan fingerprint density at radius 1 is 0.529 bits per heavy atom. The molecule has 5 nitrogen and oxygen atoms in total. The van der Waals surface area contributed by atoms with Gasteiger partial charge in [0, 0.05) is 5.56 Å². The summed E-state index contributed by atoms with van der Waals surface area (Å²) in [5, 5.41) is 0. The fraction of sp³-hybridized carbons (Fsp3) is 0.103. The highest BCUT2D eigenvalue weighted by Crippen LogP contribution is 2.23. The van der Waals surface area contributed by atoms with Crippen LogP contribution in [-0.2, 0) is 0 Å². The van der Waals surface area contributed by atoms with Crippen LogP contribution >= 0.6 is 0 Å². The lowest BCUT2D eigenvalue weighted by Crippen LogP contribution is -1.95. The molecule has 0 aliphatic carbocycles. The molecule has 5 heteroatoms. The molecule has 0 spiro atoms. The molecule has 0 atom stereocenters. The molecular formula is C29H26N2O3. The highest BCUT2D eigenvalue weighted by atomic mass is 16.5. The molecule has 4 rings (SSSR count). The second-order valence-corrected chi connectivity index (χ2v) is 7.49. The third kappa shape index (κ3) is 5.90. The average Bonchev–Trinajstić information content (AvgIpc) is 2.91. The first-order valence-corrected chi connectivity index (χ1v) is 10.8. The molecule has 34 heavy (non-hydrogen) atoms. The number of hydrogen-bond donors (Lipinski definition) is 0. The Morgan fingerprint density at radius 2 is 1.00 bits per heavy atom. The van der Waals surface area contributed by atoms with E-state index in [9.17, 15) is 0 Å². The van der Waals surface area contributed by atoms with Gasteiger partial charge < -0.3 is 14.2 Å². The SMILES string of the molecule is COc1cccc(/C=C/c2cc(/C=C/c3cccc(OC)c3)nc(-c3cccc(OC)c3)n2)c1. The van der Waals surface area contributed by atoms with Crippen molar-refractivity contribution in [3.05, 3.63) is 101 Å². The fourth-order valence-electron chi connectivity index (χ4n) is 3.40. The van der Waals surface area contributed by atoms with Crippen LogP contribution in [0.25, 0.3) is 35.7 Å². The van der Waals surface area contributed by atoms with E-state index in [0.717, 1.165) is 45.3 Å². The van der Waals surface area contributed by atoms with Crippen molar-refractivity contribution in [2.75, 3.05) is 21.3 Å². The van der Waals surface area contributed by atoms with Crippen molar-refractivity contribution in [2.45, 2.75) is 0 Å². The van der Waals surface area contributed by atoms with E-state index in [1.54, 1.807) is 21.3 Å². The van der Waals surface area contributed by atoms with Gasteiger partial charge in [0.25, 0.3) is 0 Å². The maximum atomic E-state index is 5.38. The molecule has 0 saturated heterocycles. The molecule has 0 bridgehead atoms. The minimum Gasteiger partial charge on any atom is -0.497 e. The summed E-state index contributed by atoms with van der Waals surface area (Å²) in [6.45, 7) is 0. The number of hydrogen-bond acceptors (Lipinski definition) is 5. The minimum absolute atomic E-state index is 0.622. The first-order valence-electron chi connectivity index (χ1n) is 10.8. The second-order valence-electron chi connectivity index (χ2n) is 7.49. The topological polar surface area (TPSA) is 53.5 Å². The van der Waals surface area contributed by atoms with Crippen LogP contribution in [0, 0.1) is 0 Å². The van der Waals surface area contributed by atoms with E-state index in [1.807, 2.05) is 103 Å². The summed E-state index contributed by atoms with van der Waals surface area (Å²) in [5.74, 6) is 3.00. The van der Waals surface area contributed by atoms with E-state index >= 15 is 0 Å². The third-order valence-electron chi connectivity index (χ3n) is 5.17. The van der Waals surface area contributed by atoms with E-state index in [1.165, 1.54) is 0 Å². The lowest BCUT2D eigenvalue weighted by atomic mass is 10.1. The quantitative estimate of drug-likeness (QED) is 0.306. The summed E-state index contributed by atoms with van der Waals surface area (Å²) in [6.07, 6.45) is 7.97. The van der Waals surface area contributed by atoms with Crippen molar-refractivity contribution in [3.8, 4) is 28.6 Å². The van der Waals surface area contributed by atoms with Crippen LogP contribution in [0.5, 0.6) is 17.2 Å². The van der Waals surface area contributed by atoms with E-state index in [0.29, 0.717) is 5.82 Å². The molecule has 0 fully saturated rings. The number of nitrogens with zero attached hydrogens (tertiary/aromatic N) is 2. The predicted molar refractivity (Wildman–Crippen MR) is 138 cm³/mol. The molecule has 0 radical (unpaired) electrons. The Labute approximate surface area is 200 Å². The van der Waals surface area contributed by atoms with E-state index in [2.05, 4.69) is 0 Å². The van der Waals surface area contributed by atoms with Gasteiger partial charge in [-0.1, -0.05) is 48.6 Å². The maximum absolute atomic E-state index is 5.38. The average molecular weight is 451 g/mol. The highest BCUT2D eigenvalue weighted by Gasteiger charge is 2.06. The summed E-state index contributed by atoms with van der Waals surface area (Å²) in [4.78, 5) is 9.56. The molecule has 0 amide bonds. The molecule has 0 aliphatic heterocycles. The Morgan fingerprint density at radius 3 is 1.50 bits per heavy atom. The molecular weight excluding hydrogens is 424 g/mol. The molecule has 0 aliphatic rings. The largest absolute Gasteiger partial charge is 0.497 e. The van der Waals surface area contributed by atoms with Crippen LogP contribution in [0.2, 0.25) is 0 Å². The van der Waals surface area contributed by atoms with Crippen molar-refractivity contribution >= 4 is 24.3 Å². The van der Waals surface area contributed by atoms with Crippen LogP contribution in [0.15, 0.2) is 78.9 Å². The van der Waals surface area contributed by atoms with Crippen LogP contribution in [0.1, 0.15) is 22.5 Å². The first-order chi connectivity index (χ1) is 16.7. The lowest BCUT2D eigenvalue weighted by molar-refractivity contribution is 0.414. The monoisotopic (exact) mass is 450 g/mol. The molecule has 1 aromatic heterocycles. The van der Waals surface area contributed by atoms with Crippen molar-refractivity contribution in [1.82, 2.24) is 9.97 Å². The number of aromatic nitrogens is 2. The number of rotatable bonds is 8. The normalized spacial score (nSPS) is 11.1. The number of benzene rings is 3. The second kappa shape index (κ2) is 11.0. The van der Waals surface area contributed by atoms with Gasteiger partial charge in [-0.2, -0.15) is 0 Å². The molecule has 3 aromatic carbocycles. The van der Waals surface area contributed by atoms with Gasteiger partial charge in [0.2, 0.25) is 0 Å². The zero-order valence-corrected chi connectivity index (χ0v) is 19.4. The molecule has 4 aromatic rings. The molecule has 0 N–H and O–H groups in total. The predicted octanol–water partition coefficient (Wildman–Crippen LogP) is 6.51. The lowest BCUT2D eigenvalue weighted by Gasteiger charge is -2.06. The Bertz CT molecular complexity index is 1250. The van der Waals surface area contributed by atoms with Gasteiger partial charge >= 0.3 is 0 Å². The van der Waals surface area contributed by atoms with Gasteiger partial charge in [-0.25, -0.2) is 9.97 Å². The first kappa shape index (κ1) is 22.8. The molecule has 170 valence electrons. The van der Waals surface area contributed by atoms with Crippen LogP contribution < -0.4 is 14.2 Å². The van der Waals surface area contributed by atoms with Crippen molar-refractivity contribution in [1.29, 1.82) is 0 Å². The molecule has 1 heterocycles. The van der Waals surface area contributed by atoms with E-state index in [4.69, 9.17) is 24.2 Å². The summed E-state index contributed by atoms with van der Waals surface area (Å²) in [7, 11) is 4.97. The zero-order valence-electron chi connectivity index (χ0n) is 19.4. The van der Waals surface area contributed by atoms with Crippen molar-refractivity contribution in [2.24, 2.45) is 0 Å². The Hall–Kier alpha value is -4.38. The summed E-state index contributed by atoms with van der Waals surface area (Å²) in [6, 6.07) is 25.5. The zero-order chi connectivity index (χ0) is 23.8. The summed E-state index contributed by atoms with van der Waals surface area (Å²) < 4.78 is 16.0. The van der Waals surface area contributed by atoms with Gasteiger partial charge in [0.05, 0.1) is 32.7 Å².